The van der Waals surface area contributed by atoms with Gasteiger partial charge in [-0.1, -0.05) is 0 Å². The van der Waals surface area contributed by atoms with Crippen LogP contribution >= 0.6 is 11.3 Å². The lowest BCUT2D eigenvalue weighted by atomic mass is 10.3. The van der Waals surface area contributed by atoms with Crippen LogP contribution in [0.1, 0.15) is 18.3 Å². The van der Waals surface area contributed by atoms with E-state index in [1.807, 2.05) is 0 Å². The van der Waals surface area contributed by atoms with Gasteiger partial charge in [0.05, 0.1) is 4.90 Å². The van der Waals surface area contributed by atoms with E-state index in [0.29, 0.717) is 16.4 Å². The summed E-state index contributed by atoms with van der Waals surface area (Å²) in [4.78, 5) is 7.74. The van der Waals surface area contributed by atoms with E-state index in [9.17, 15) is 21.6 Å². The Balaban J connectivity index is 2.11. The number of halogens is 3. The predicted molar refractivity (Wildman–Crippen MR) is 98.9 cm³/mol. The zero-order valence-corrected chi connectivity index (χ0v) is 16.2. The third kappa shape index (κ3) is 4.07. The number of aromatic nitrogens is 3. The summed E-state index contributed by atoms with van der Waals surface area (Å²) in [7, 11) is -3.99. The minimum atomic E-state index is -4.64. The molecule has 0 spiro atoms. The molecule has 3 aromatic rings. The molecule has 12 heteroatoms. The van der Waals surface area contributed by atoms with Gasteiger partial charge < -0.3 is 5.73 Å². The highest BCUT2D eigenvalue weighted by atomic mass is 32.2. The molecule has 0 aliphatic rings. The summed E-state index contributed by atoms with van der Waals surface area (Å²) in [5.41, 5.74) is 5.18. The third-order valence-corrected chi connectivity index (χ3v) is 5.84. The fourth-order valence-corrected chi connectivity index (χ4v) is 4.09. The maximum absolute atomic E-state index is 13.2. The number of thiazole rings is 1. The molecule has 0 amide bonds. The van der Waals surface area contributed by atoms with Gasteiger partial charge in [-0.15, -0.1) is 15.7 Å². The Bertz CT molecular complexity index is 1140. The molecule has 0 aliphatic carbocycles. The van der Waals surface area contributed by atoms with Crippen LogP contribution in [0.25, 0.3) is 16.5 Å². The summed E-state index contributed by atoms with van der Waals surface area (Å²) in [6.45, 7) is 3.05. The van der Waals surface area contributed by atoms with Gasteiger partial charge in [-0.2, -0.15) is 21.6 Å². The zero-order chi connectivity index (χ0) is 20.7. The van der Waals surface area contributed by atoms with Crippen molar-refractivity contribution in [3.8, 4) is 16.5 Å². The maximum atomic E-state index is 13.2. The number of imidazole rings is 1. The van der Waals surface area contributed by atoms with Crippen LogP contribution in [0.3, 0.4) is 0 Å². The van der Waals surface area contributed by atoms with Gasteiger partial charge in [0.25, 0.3) is 10.0 Å². The van der Waals surface area contributed by atoms with Crippen LogP contribution in [0.2, 0.25) is 0 Å². The van der Waals surface area contributed by atoms with E-state index in [1.165, 1.54) is 35.8 Å². The number of sulfonamides is 1. The molecule has 3 rings (SSSR count). The SMILES string of the molecule is CC(N)=NS(=O)(=O)c1ccc(-n2cc(C(F)(F)F)nc2-c2nc(C)cs2)cc1. The Morgan fingerprint density at radius 1 is 1.21 bits per heavy atom. The fraction of sp³-hybridized carbons (Fsp3) is 0.188. The van der Waals surface area contributed by atoms with Crippen LogP contribution in [-0.2, 0) is 16.2 Å². The van der Waals surface area contributed by atoms with E-state index in [0.717, 1.165) is 17.5 Å². The quantitative estimate of drug-likeness (QED) is 0.506. The van der Waals surface area contributed by atoms with Crippen molar-refractivity contribution in [1.29, 1.82) is 0 Å². The molecular formula is C16H14F3N5O2S2. The van der Waals surface area contributed by atoms with Crippen molar-refractivity contribution < 1.29 is 21.6 Å². The van der Waals surface area contributed by atoms with Gasteiger partial charge in [0.1, 0.15) is 5.84 Å². The first-order valence-corrected chi connectivity index (χ1v) is 10.1. The van der Waals surface area contributed by atoms with Gasteiger partial charge >= 0.3 is 6.18 Å². The van der Waals surface area contributed by atoms with E-state index in [4.69, 9.17) is 5.73 Å². The summed E-state index contributed by atoms with van der Waals surface area (Å²) >= 11 is 1.16. The molecule has 0 radical (unpaired) electrons. The van der Waals surface area contributed by atoms with Crippen LogP contribution in [0, 0.1) is 6.92 Å². The van der Waals surface area contributed by atoms with Crippen molar-refractivity contribution in [3.05, 3.63) is 47.2 Å². The highest BCUT2D eigenvalue weighted by molar-refractivity contribution is 7.90. The van der Waals surface area contributed by atoms with E-state index in [2.05, 4.69) is 14.4 Å². The van der Waals surface area contributed by atoms with Crippen molar-refractivity contribution >= 4 is 27.2 Å². The largest absolute Gasteiger partial charge is 0.434 e. The Morgan fingerprint density at radius 2 is 1.86 bits per heavy atom. The number of amidine groups is 1. The molecule has 0 aliphatic heterocycles. The van der Waals surface area contributed by atoms with Crippen LogP contribution in [-0.4, -0.2) is 28.8 Å². The number of aryl methyl sites for hydroxylation is 1. The second-order valence-corrected chi connectivity index (χ2v) is 8.28. The van der Waals surface area contributed by atoms with Gasteiger partial charge in [-0.25, -0.2) is 9.97 Å². The Hall–Kier alpha value is -2.73. The van der Waals surface area contributed by atoms with Crippen molar-refractivity contribution in [2.45, 2.75) is 24.9 Å². The number of rotatable bonds is 4. The molecule has 0 saturated heterocycles. The summed E-state index contributed by atoms with van der Waals surface area (Å²) in [5, 5.41) is 2.01. The number of hydrogen-bond donors (Lipinski definition) is 1. The fourth-order valence-electron chi connectivity index (χ4n) is 2.34. The number of benzene rings is 1. The average Bonchev–Trinajstić information content (AvgIpc) is 3.19. The molecule has 28 heavy (non-hydrogen) atoms. The molecule has 0 bridgehead atoms. The monoisotopic (exact) mass is 429 g/mol. The lowest BCUT2D eigenvalue weighted by molar-refractivity contribution is -0.140. The van der Waals surface area contributed by atoms with Crippen LogP contribution in [0.15, 0.2) is 45.1 Å². The zero-order valence-electron chi connectivity index (χ0n) is 14.6. The van der Waals surface area contributed by atoms with E-state index >= 15 is 0 Å². The molecule has 148 valence electrons. The summed E-state index contributed by atoms with van der Waals surface area (Å²) < 4.78 is 68.2. The number of alkyl halides is 3. The van der Waals surface area contributed by atoms with E-state index in [1.54, 1.807) is 12.3 Å². The van der Waals surface area contributed by atoms with Crippen molar-refractivity contribution in [3.63, 3.8) is 0 Å². The first-order valence-electron chi connectivity index (χ1n) is 7.74. The Morgan fingerprint density at radius 3 is 2.36 bits per heavy atom. The molecule has 0 unspecified atom stereocenters. The highest BCUT2D eigenvalue weighted by Crippen LogP contribution is 2.33. The van der Waals surface area contributed by atoms with Gasteiger partial charge in [-0.3, -0.25) is 4.57 Å². The van der Waals surface area contributed by atoms with Gasteiger partial charge in [0, 0.05) is 23.0 Å². The molecule has 0 saturated carbocycles. The molecule has 2 aromatic heterocycles. The Kier molecular flexibility index (Phi) is 5.02. The molecular weight excluding hydrogens is 415 g/mol. The smallest absolute Gasteiger partial charge is 0.387 e. The lowest BCUT2D eigenvalue weighted by Crippen LogP contribution is -2.10. The van der Waals surface area contributed by atoms with Crippen LogP contribution in [0.5, 0.6) is 0 Å². The van der Waals surface area contributed by atoms with Crippen molar-refractivity contribution in [2.75, 3.05) is 0 Å². The third-order valence-electron chi connectivity index (χ3n) is 3.48. The number of nitrogens with two attached hydrogens (primary N) is 1. The van der Waals surface area contributed by atoms with E-state index < -0.39 is 21.9 Å². The lowest BCUT2D eigenvalue weighted by Gasteiger charge is -2.07. The second-order valence-electron chi connectivity index (χ2n) is 5.81. The van der Waals surface area contributed by atoms with Crippen molar-refractivity contribution in [2.24, 2.45) is 10.1 Å². The molecule has 0 fully saturated rings. The Labute approximate surface area is 162 Å². The second kappa shape index (κ2) is 7.02. The molecule has 2 N–H and O–H groups in total. The average molecular weight is 429 g/mol. The van der Waals surface area contributed by atoms with E-state index in [-0.39, 0.29) is 16.6 Å². The molecule has 2 heterocycles. The minimum Gasteiger partial charge on any atom is -0.387 e. The first kappa shape index (κ1) is 20.0. The highest BCUT2D eigenvalue weighted by Gasteiger charge is 2.35. The van der Waals surface area contributed by atoms with Crippen LogP contribution < -0.4 is 5.73 Å². The summed E-state index contributed by atoms with van der Waals surface area (Å²) in [5.74, 6) is -0.119. The molecule has 7 nitrogen and oxygen atoms in total. The molecule has 1 aromatic carbocycles. The normalized spacial score (nSPS) is 13.1. The standard InChI is InChI=1S/C16H14F3N5O2S2/c1-9-8-27-15(21-9)14-22-13(16(17,18)19)7-24(14)11-3-5-12(6-4-11)28(25,26)23-10(2)20/h3-8H,1-2H3,(H2,20,23). The predicted octanol–water partition coefficient (Wildman–Crippen LogP) is 3.39. The number of hydrogen-bond acceptors (Lipinski definition) is 5. The molecule has 0 atom stereocenters. The van der Waals surface area contributed by atoms with Gasteiger partial charge in [0.15, 0.2) is 16.5 Å². The number of nitrogens with zero attached hydrogens (tertiary/aromatic N) is 4. The summed E-state index contributed by atoms with van der Waals surface area (Å²) in [6.07, 6.45) is -3.79. The minimum absolute atomic E-state index is 0.0110. The van der Waals surface area contributed by atoms with Crippen LogP contribution in [0.4, 0.5) is 13.2 Å². The first-order chi connectivity index (χ1) is 13.0. The van der Waals surface area contributed by atoms with Gasteiger partial charge in [0.2, 0.25) is 0 Å². The topological polar surface area (TPSA) is 103 Å². The summed E-state index contributed by atoms with van der Waals surface area (Å²) in [6, 6.07) is 5.20. The van der Waals surface area contributed by atoms with Gasteiger partial charge in [-0.05, 0) is 38.1 Å². The maximum Gasteiger partial charge on any atom is 0.434 e. The van der Waals surface area contributed by atoms with Crippen molar-refractivity contribution in [1.82, 2.24) is 14.5 Å².